The largest absolute Gasteiger partial charge is 0.334 e. The van der Waals surface area contributed by atoms with Gasteiger partial charge in [-0.15, -0.1) is 12.4 Å². The molecule has 0 saturated heterocycles. The van der Waals surface area contributed by atoms with Gasteiger partial charge in [-0.1, -0.05) is 18.2 Å². The zero-order valence-electron chi connectivity index (χ0n) is 11.0. The lowest BCUT2D eigenvalue weighted by Crippen LogP contribution is -2.37. The van der Waals surface area contributed by atoms with Crippen LogP contribution in [-0.2, 0) is 11.3 Å². The van der Waals surface area contributed by atoms with Gasteiger partial charge >= 0.3 is 0 Å². The van der Waals surface area contributed by atoms with Crippen molar-refractivity contribution in [3.05, 3.63) is 34.9 Å². The molecule has 1 aromatic carbocycles. The van der Waals surface area contributed by atoms with E-state index in [1.54, 1.807) is 0 Å². The van der Waals surface area contributed by atoms with Crippen molar-refractivity contribution in [3.63, 3.8) is 0 Å². The number of aryl methyl sites for hydroxylation is 2. The molecule has 2 rings (SSSR count). The number of nitrogens with two attached hydrogens (primary N) is 1. The number of carbonyl (C=O) groups excluding carboxylic acids is 1. The fourth-order valence-corrected chi connectivity index (χ4v) is 2.02. The Balaban J connectivity index is 0.00000162. The minimum atomic E-state index is 0. The number of hydrogen-bond acceptors (Lipinski definition) is 2. The normalized spacial score (nSPS) is 13.9. The molecule has 0 spiro atoms. The van der Waals surface area contributed by atoms with Gasteiger partial charge in [-0.25, -0.2) is 0 Å². The predicted molar refractivity (Wildman–Crippen MR) is 75.8 cm³/mol. The van der Waals surface area contributed by atoms with Crippen molar-refractivity contribution in [2.45, 2.75) is 39.3 Å². The van der Waals surface area contributed by atoms with Gasteiger partial charge in [0.2, 0.25) is 5.91 Å². The van der Waals surface area contributed by atoms with E-state index >= 15 is 0 Å². The maximum absolute atomic E-state index is 11.8. The molecule has 0 aromatic heterocycles. The second-order valence-corrected chi connectivity index (χ2v) is 4.88. The molecule has 18 heavy (non-hydrogen) atoms. The predicted octanol–water partition coefficient (Wildman–Crippen LogP) is 2.17. The monoisotopic (exact) mass is 268 g/mol. The number of halogens is 1. The molecule has 0 radical (unpaired) electrons. The molecule has 1 amide bonds. The summed E-state index contributed by atoms with van der Waals surface area (Å²) >= 11 is 0. The quantitative estimate of drug-likeness (QED) is 0.910. The standard InChI is InChI=1S/C14H20N2O.ClH/c1-10-3-4-12(7-11(10)2)9-16(13-5-6-13)14(17)8-15;/h3-4,7,13H,5-6,8-9,15H2,1-2H3;1H. The zero-order chi connectivity index (χ0) is 12.4. The minimum absolute atomic E-state index is 0. The van der Waals surface area contributed by atoms with Crippen LogP contribution in [-0.4, -0.2) is 23.4 Å². The minimum Gasteiger partial charge on any atom is -0.334 e. The van der Waals surface area contributed by atoms with E-state index < -0.39 is 0 Å². The summed E-state index contributed by atoms with van der Waals surface area (Å²) in [5, 5.41) is 0. The SMILES string of the molecule is Cc1ccc(CN(C(=O)CN)C2CC2)cc1C.Cl. The Bertz CT molecular complexity index is 430. The Morgan fingerprint density at radius 3 is 2.50 bits per heavy atom. The lowest BCUT2D eigenvalue weighted by atomic mass is 10.1. The molecular formula is C14H21ClN2O. The second kappa shape index (κ2) is 6.21. The summed E-state index contributed by atoms with van der Waals surface area (Å²) in [6.45, 7) is 5.01. The Morgan fingerprint density at radius 2 is 2.00 bits per heavy atom. The first-order valence-electron chi connectivity index (χ1n) is 6.17. The zero-order valence-corrected chi connectivity index (χ0v) is 11.8. The van der Waals surface area contributed by atoms with Gasteiger partial charge in [0.15, 0.2) is 0 Å². The van der Waals surface area contributed by atoms with Crippen LogP contribution in [0.3, 0.4) is 0 Å². The van der Waals surface area contributed by atoms with Crippen molar-refractivity contribution in [3.8, 4) is 0 Å². The highest BCUT2D eigenvalue weighted by Crippen LogP contribution is 2.28. The Hall–Kier alpha value is -1.06. The lowest BCUT2D eigenvalue weighted by molar-refractivity contribution is -0.130. The van der Waals surface area contributed by atoms with Crippen LogP contribution >= 0.6 is 12.4 Å². The van der Waals surface area contributed by atoms with E-state index in [1.165, 1.54) is 16.7 Å². The molecule has 1 saturated carbocycles. The van der Waals surface area contributed by atoms with Gasteiger partial charge in [0.05, 0.1) is 6.54 Å². The molecule has 100 valence electrons. The summed E-state index contributed by atoms with van der Waals surface area (Å²) in [6, 6.07) is 6.80. The number of amides is 1. The fraction of sp³-hybridized carbons (Fsp3) is 0.500. The van der Waals surface area contributed by atoms with Crippen molar-refractivity contribution < 1.29 is 4.79 Å². The highest BCUT2D eigenvalue weighted by atomic mass is 35.5. The van der Waals surface area contributed by atoms with Crippen LogP contribution in [0.4, 0.5) is 0 Å². The third-order valence-electron chi connectivity index (χ3n) is 3.41. The maximum atomic E-state index is 11.8. The van der Waals surface area contributed by atoms with Crippen molar-refractivity contribution in [2.75, 3.05) is 6.54 Å². The average molecular weight is 269 g/mol. The van der Waals surface area contributed by atoms with Crippen molar-refractivity contribution in [1.29, 1.82) is 0 Å². The lowest BCUT2D eigenvalue weighted by Gasteiger charge is -2.22. The van der Waals surface area contributed by atoms with Gasteiger partial charge in [0, 0.05) is 12.6 Å². The third kappa shape index (κ3) is 3.47. The Morgan fingerprint density at radius 1 is 1.33 bits per heavy atom. The number of nitrogens with zero attached hydrogens (tertiary/aromatic N) is 1. The molecule has 0 atom stereocenters. The highest BCUT2D eigenvalue weighted by molar-refractivity contribution is 5.85. The molecule has 0 bridgehead atoms. The van der Waals surface area contributed by atoms with Gasteiger partial charge in [0.1, 0.15) is 0 Å². The van der Waals surface area contributed by atoms with Crippen LogP contribution in [0.25, 0.3) is 0 Å². The number of benzene rings is 1. The van der Waals surface area contributed by atoms with Crippen molar-refractivity contribution >= 4 is 18.3 Å². The first-order valence-corrected chi connectivity index (χ1v) is 6.17. The summed E-state index contributed by atoms with van der Waals surface area (Å²) < 4.78 is 0. The van der Waals surface area contributed by atoms with Gasteiger partial charge in [0.25, 0.3) is 0 Å². The van der Waals surface area contributed by atoms with E-state index in [2.05, 4.69) is 32.0 Å². The van der Waals surface area contributed by atoms with Gasteiger partial charge in [-0.2, -0.15) is 0 Å². The van der Waals surface area contributed by atoms with E-state index in [1.807, 2.05) is 4.90 Å². The molecule has 4 heteroatoms. The molecule has 1 fully saturated rings. The van der Waals surface area contributed by atoms with Crippen molar-refractivity contribution in [1.82, 2.24) is 4.90 Å². The third-order valence-corrected chi connectivity index (χ3v) is 3.41. The highest BCUT2D eigenvalue weighted by Gasteiger charge is 2.31. The van der Waals surface area contributed by atoms with E-state index in [9.17, 15) is 4.79 Å². The maximum Gasteiger partial charge on any atom is 0.236 e. The number of hydrogen-bond donors (Lipinski definition) is 1. The summed E-state index contributed by atoms with van der Waals surface area (Å²) in [6.07, 6.45) is 2.24. The van der Waals surface area contributed by atoms with Crippen LogP contribution < -0.4 is 5.73 Å². The van der Waals surface area contributed by atoms with Crippen LogP contribution in [0.1, 0.15) is 29.5 Å². The summed E-state index contributed by atoms with van der Waals surface area (Å²) in [5.41, 5.74) is 9.22. The summed E-state index contributed by atoms with van der Waals surface area (Å²) in [7, 11) is 0. The second-order valence-electron chi connectivity index (χ2n) is 4.88. The molecular weight excluding hydrogens is 248 g/mol. The summed E-state index contributed by atoms with van der Waals surface area (Å²) in [5.74, 6) is 0.0609. The van der Waals surface area contributed by atoms with E-state index in [0.29, 0.717) is 12.6 Å². The van der Waals surface area contributed by atoms with Crippen LogP contribution in [0, 0.1) is 13.8 Å². The van der Waals surface area contributed by atoms with Crippen LogP contribution in [0.15, 0.2) is 18.2 Å². The molecule has 0 unspecified atom stereocenters. The molecule has 3 nitrogen and oxygen atoms in total. The topological polar surface area (TPSA) is 46.3 Å². The van der Waals surface area contributed by atoms with Crippen molar-refractivity contribution in [2.24, 2.45) is 5.73 Å². The van der Waals surface area contributed by atoms with E-state index in [0.717, 1.165) is 12.8 Å². The van der Waals surface area contributed by atoms with Gasteiger partial charge in [-0.3, -0.25) is 4.79 Å². The molecule has 1 aliphatic carbocycles. The fourth-order valence-electron chi connectivity index (χ4n) is 2.02. The molecule has 1 aromatic rings. The molecule has 0 heterocycles. The van der Waals surface area contributed by atoms with E-state index in [-0.39, 0.29) is 24.9 Å². The van der Waals surface area contributed by atoms with Gasteiger partial charge < -0.3 is 10.6 Å². The van der Waals surface area contributed by atoms with Gasteiger partial charge in [-0.05, 0) is 43.4 Å². The van der Waals surface area contributed by atoms with Crippen LogP contribution in [0.2, 0.25) is 0 Å². The molecule has 2 N–H and O–H groups in total. The molecule has 0 aliphatic heterocycles. The Kier molecular flexibility index (Phi) is 5.17. The Labute approximate surface area is 115 Å². The number of rotatable bonds is 4. The first kappa shape index (κ1) is 15.0. The number of carbonyl (C=O) groups is 1. The first-order chi connectivity index (χ1) is 8.11. The smallest absolute Gasteiger partial charge is 0.236 e. The average Bonchev–Trinajstić information content (AvgIpc) is 3.13. The summed E-state index contributed by atoms with van der Waals surface area (Å²) in [4.78, 5) is 13.7. The molecule has 1 aliphatic rings. The van der Waals surface area contributed by atoms with Crippen LogP contribution in [0.5, 0.6) is 0 Å². The van der Waals surface area contributed by atoms with E-state index in [4.69, 9.17) is 5.73 Å².